The summed E-state index contributed by atoms with van der Waals surface area (Å²) >= 11 is 12.3. The van der Waals surface area contributed by atoms with Crippen LogP contribution in [0.25, 0.3) is 33.9 Å². The fourth-order valence-corrected chi connectivity index (χ4v) is 3.22. The summed E-state index contributed by atoms with van der Waals surface area (Å²) in [5.74, 6) is 0.313. The fourth-order valence-electron chi connectivity index (χ4n) is 2.73. The van der Waals surface area contributed by atoms with Gasteiger partial charge in [0.15, 0.2) is 0 Å². The highest BCUT2D eigenvalue weighted by atomic mass is 35.5. The van der Waals surface area contributed by atoms with Crippen LogP contribution >= 0.6 is 23.2 Å². The van der Waals surface area contributed by atoms with Crippen LogP contribution in [0.15, 0.2) is 67.0 Å². The zero-order chi connectivity index (χ0) is 18.1. The summed E-state index contributed by atoms with van der Waals surface area (Å²) < 4.78 is 13.3. The van der Waals surface area contributed by atoms with Crippen molar-refractivity contribution in [3.63, 3.8) is 0 Å². The quantitative estimate of drug-likeness (QED) is 0.454. The third-order valence-corrected chi connectivity index (χ3v) is 4.52. The fraction of sp³-hybridized carbons (Fsp3) is 0. The largest absolute Gasteiger partial charge is 0.337 e. The molecular formula is C20H12Cl2FN3. The lowest BCUT2D eigenvalue weighted by molar-refractivity contribution is 0.628. The average Bonchev–Trinajstić information content (AvgIpc) is 3.08. The molecule has 0 aliphatic rings. The first-order chi connectivity index (χ1) is 12.6. The van der Waals surface area contributed by atoms with Gasteiger partial charge in [-0.25, -0.2) is 9.37 Å². The van der Waals surface area contributed by atoms with Crippen molar-refractivity contribution in [2.24, 2.45) is 0 Å². The van der Waals surface area contributed by atoms with Crippen LogP contribution in [-0.2, 0) is 0 Å². The molecule has 2 aromatic carbocycles. The monoisotopic (exact) mass is 383 g/mol. The molecule has 128 valence electrons. The molecule has 0 unspecified atom stereocenters. The van der Waals surface area contributed by atoms with Gasteiger partial charge in [0.25, 0.3) is 0 Å². The van der Waals surface area contributed by atoms with Gasteiger partial charge in [0.2, 0.25) is 0 Å². The SMILES string of the molecule is Fc1ccc(-c2nc(-c3ccc(Cl)cc3Cl)[nH]c2-c2ccncc2)cc1. The number of nitrogens with zero attached hydrogens (tertiary/aromatic N) is 2. The summed E-state index contributed by atoms with van der Waals surface area (Å²) in [5, 5.41) is 1.05. The lowest BCUT2D eigenvalue weighted by Gasteiger charge is -2.02. The molecule has 6 heteroatoms. The number of halogens is 3. The van der Waals surface area contributed by atoms with Crippen molar-refractivity contribution in [3.05, 3.63) is 82.9 Å². The topological polar surface area (TPSA) is 41.6 Å². The first-order valence-electron chi connectivity index (χ1n) is 7.83. The maximum absolute atomic E-state index is 13.3. The van der Waals surface area contributed by atoms with Crippen molar-refractivity contribution < 1.29 is 4.39 Å². The molecule has 0 amide bonds. The molecule has 0 fully saturated rings. The number of aromatic amines is 1. The molecule has 4 aromatic rings. The predicted molar refractivity (Wildman–Crippen MR) is 103 cm³/mol. The first-order valence-corrected chi connectivity index (χ1v) is 8.59. The molecule has 2 aromatic heterocycles. The molecule has 0 spiro atoms. The third kappa shape index (κ3) is 3.21. The third-order valence-electron chi connectivity index (χ3n) is 3.98. The van der Waals surface area contributed by atoms with Crippen molar-refractivity contribution in [2.75, 3.05) is 0 Å². The summed E-state index contributed by atoms with van der Waals surface area (Å²) in [6.07, 6.45) is 3.42. The zero-order valence-electron chi connectivity index (χ0n) is 13.4. The van der Waals surface area contributed by atoms with E-state index in [2.05, 4.69) is 9.97 Å². The smallest absolute Gasteiger partial charge is 0.140 e. The summed E-state index contributed by atoms with van der Waals surface area (Å²) in [7, 11) is 0. The average molecular weight is 384 g/mol. The van der Waals surface area contributed by atoms with Crippen molar-refractivity contribution in [3.8, 4) is 33.9 Å². The summed E-state index contributed by atoms with van der Waals surface area (Å²) in [6.45, 7) is 0. The van der Waals surface area contributed by atoms with Gasteiger partial charge in [-0.15, -0.1) is 0 Å². The van der Waals surface area contributed by atoms with E-state index in [0.717, 1.165) is 22.4 Å². The van der Waals surface area contributed by atoms with Gasteiger partial charge < -0.3 is 4.98 Å². The van der Waals surface area contributed by atoms with Crippen LogP contribution in [0.2, 0.25) is 10.0 Å². The summed E-state index contributed by atoms with van der Waals surface area (Å²) in [5.41, 5.74) is 3.96. The van der Waals surface area contributed by atoms with Gasteiger partial charge in [-0.2, -0.15) is 0 Å². The Morgan fingerprint density at radius 1 is 0.846 bits per heavy atom. The normalized spacial score (nSPS) is 10.9. The van der Waals surface area contributed by atoms with Gasteiger partial charge in [0, 0.05) is 34.1 Å². The number of hydrogen-bond donors (Lipinski definition) is 1. The van der Waals surface area contributed by atoms with E-state index in [9.17, 15) is 4.39 Å². The van der Waals surface area contributed by atoms with Crippen LogP contribution in [0.4, 0.5) is 4.39 Å². The molecule has 0 bridgehead atoms. The lowest BCUT2D eigenvalue weighted by Crippen LogP contribution is -1.84. The van der Waals surface area contributed by atoms with E-state index in [1.807, 2.05) is 18.2 Å². The molecule has 3 nitrogen and oxygen atoms in total. The van der Waals surface area contributed by atoms with Gasteiger partial charge in [-0.3, -0.25) is 4.98 Å². The maximum atomic E-state index is 13.3. The maximum Gasteiger partial charge on any atom is 0.140 e. The van der Waals surface area contributed by atoms with Crippen LogP contribution in [0.1, 0.15) is 0 Å². The Balaban J connectivity index is 1.91. The van der Waals surface area contributed by atoms with E-state index in [-0.39, 0.29) is 5.82 Å². The summed E-state index contributed by atoms with van der Waals surface area (Å²) in [4.78, 5) is 12.1. The van der Waals surface area contributed by atoms with E-state index in [1.54, 1.807) is 36.7 Å². The number of rotatable bonds is 3. The Bertz CT molecular complexity index is 1060. The highest BCUT2D eigenvalue weighted by Crippen LogP contribution is 2.35. The molecule has 4 rings (SSSR count). The first kappa shape index (κ1) is 16.8. The molecule has 0 aliphatic heterocycles. The number of benzene rings is 2. The van der Waals surface area contributed by atoms with Gasteiger partial charge >= 0.3 is 0 Å². The Hall–Kier alpha value is -2.69. The van der Waals surface area contributed by atoms with Crippen LogP contribution in [0.5, 0.6) is 0 Å². The molecule has 0 radical (unpaired) electrons. The molecular weight excluding hydrogens is 372 g/mol. The van der Waals surface area contributed by atoms with Crippen molar-refractivity contribution >= 4 is 23.2 Å². The minimum absolute atomic E-state index is 0.296. The second kappa shape index (κ2) is 6.90. The Morgan fingerprint density at radius 2 is 1.58 bits per heavy atom. The molecule has 0 saturated carbocycles. The van der Waals surface area contributed by atoms with E-state index >= 15 is 0 Å². The lowest BCUT2D eigenvalue weighted by atomic mass is 10.1. The van der Waals surface area contributed by atoms with E-state index in [1.165, 1.54) is 12.1 Å². The van der Waals surface area contributed by atoms with Crippen LogP contribution in [0.3, 0.4) is 0 Å². The number of pyridine rings is 1. The highest BCUT2D eigenvalue weighted by molar-refractivity contribution is 6.36. The van der Waals surface area contributed by atoms with Crippen molar-refractivity contribution in [2.45, 2.75) is 0 Å². The molecule has 26 heavy (non-hydrogen) atoms. The molecule has 0 saturated heterocycles. The Morgan fingerprint density at radius 3 is 2.27 bits per heavy atom. The zero-order valence-corrected chi connectivity index (χ0v) is 14.9. The van der Waals surface area contributed by atoms with Gasteiger partial charge in [-0.1, -0.05) is 23.2 Å². The molecule has 2 heterocycles. The summed E-state index contributed by atoms with van der Waals surface area (Å²) in [6, 6.07) is 15.2. The van der Waals surface area contributed by atoms with Crippen LogP contribution < -0.4 is 0 Å². The number of aromatic nitrogens is 3. The minimum Gasteiger partial charge on any atom is -0.337 e. The van der Waals surface area contributed by atoms with E-state index in [4.69, 9.17) is 28.2 Å². The van der Waals surface area contributed by atoms with Crippen LogP contribution in [0, 0.1) is 5.82 Å². The number of nitrogens with one attached hydrogen (secondary N) is 1. The second-order valence-corrected chi connectivity index (χ2v) is 6.52. The Kier molecular flexibility index (Phi) is 4.45. The minimum atomic E-state index is -0.296. The number of hydrogen-bond acceptors (Lipinski definition) is 2. The number of H-pyrrole nitrogens is 1. The second-order valence-electron chi connectivity index (χ2n) is 5.68. The Labute approximate surface area is 159 Å². The van der Waals surface area contributed by atoms with Crippen molar-refractivity contribution in [1.82, 2.24) is 15.0 Å². The van der Waals surface area contributed by atoms with E-state index < -0.39 is 0 Å². The number of imidazole rings is 1. The van der Waals surface area contributed by atoms with Crippen LogP contribution in [-0.4, -0.2) is 15.0 Å². The van der Waals surface area contributed by atoms with Gasteiger partial charge in [0.1, 0.15) is 11.6 Å². The highest BCUT2D eigenvalue weighted by Gasteiger charge is 2.17. The van der Waals surface area contributed by atoms with Gasteiger partial charge in [-0.05, 0) is 54.6 Å². The predicted octanol–water partition coefficient (Wildman–Crippen LogP) is 6.25. The molecule has 1 N–H and O–H groups in total. The molecule has 0 atom stereocenters. The van der Waals surface area contributed by atoms with E-state index in [0.29, 0.717) is 21.6 Å². The standard InChI is InChI=1S/C20H12Cl2FN3/c21-14-3-6-16(17(22)11-14)20-25-18(12-1-4-15(23)5-2-12)19(26-20)13-7-9-24-10-8-13/h1-11H,(H,25,26). The molecule has 0 aliphatic carbocycles. The van der Waals surface area contributed by atoms with Crippen molar-refractivity contribution in [1.29, 1.82) is 0 Å². The van der Waals surface area contributed by atoms with Gasteiger partial charge in [0.05, 0.1) is 16.4 Å².